The molecule has 0 unspecified atom stereocenters. The number of nitrogens with one attached hydrogen (secondary N) is 4. The van der Waals surface area contributed by atoms with E-state index in [2.05, 4.69) is 27.8 Å². The summed E-state index contributed by atoms with van der Waals surface area (Å²) in [6.45, 7) is 6.20. The minimum absolute atomic E-state index is 0.226. The second kappa shape index (κ2) is 14.4. The zero-order valence-corrected chi connectivity index (χ0v) is 22.0. The summed E-state index contributed by atoms with van der Waals surface area (Å²) in [5, 5.41) is 29.8. The average molecular weight is 544 g/mol. The third kappa shape index (κ3) is 8.62. The Morgan fingerprint density at radius 1 is 0.925 bits per heavy atom. The summed E-state index contributed by atoms with van der Waals surface area (Å²) < 4.78 is 1.79. The average Bonchev–Trinajstić information content (AvgIpc) is 2.93. The molecule has 2 aromatic carbocycles. The second-order valence-corrected chi connectivity index (χ2v) is 8.99. The fraction of sp³-hybridized carbons (Fsp3) is 0.179. The number of benzene rings is 2. The smallest absolute Gasteiger partial charge is 0.423 e. The number of carbonyl (C=O) groups is 4. The molecule has 0 spiro atoms. The number of hydrogen-bond donors (Lipinski definition) is 6. The summed E-state index contributed by atoms with van der Waals surface area (Å²) in [6, 6.07) is 14.7. The molecule has 206 valence electrons. The summed E-state index contributed by atoms with van der Waals surface area (Å²) in [4.78, 5) is 48.1. The van der Waals surface area contributed by atoms with Crippen molar-refractivity contribution >= 4 is 48.1 Å². The van der Waals surface area contributed by atoms with Gasteiger partial charge in [-0.2, -0.15) is 0 Å². The first kappa shape index (κ1) is 29.7. The highest BCUT2D eigenvalue weighted by Crippen LogP contribution is 2.20. The first-order chi connectivity index (χ1) is 19.2. The number of nitrogens with zero attached hydrogens (tertiary/aromatic N) is 1. The Morgan fingerprint density at radius 3 is 2.27 bits per heavy atom. The Labute approximate surface area is 232 Å². The zero-order chi connectivity index (χ0) is 29.1. The first-order valence-electron chi connectivity index (χ1n) is 12.5. The van der Waals surface area contributed by atoms with Gasteiger partial charge >= 0.3 is 7.12 Å². The highest BCUT2D eigenvalue weighted by molar-refractivity contribution is 6.59. The van der Waals surface area contributed by atoms with Gasteiger partial charge in [-0.15, -0.1) is 0 Å². The molecule has 0 saturated carbocycles. The lowest BCUT2D eigenvalue weighted by Crippen LogP contribution is -2.40. The number of aromatic nitrogens is 1. The fourth-order valence-electron chi connectivity index (χ4n) is 3.77. The molecule has 0 aliphatic carbocycles. The van der Waals surface area contributed by atoms with Gasteiger partial charge in [0.05, 0.1) is 5.56 Å². The monoisotopic (exact) mass is 544 g/mol. The number of rotatable bonds is 13. The molecule has 0 aliphatic heterocycles. The molecule has 0 radical (unpaired) electrons. The third-order valence-corrected chi connectivity index (χ3v) is 5.83. The normalized spacial score (nSPS) is 10.3. The maximum absolute atomic E-state index is 12.9. The van der Waals surface area contributed by atoms with Crippen molar-refractivity contribution in [2.45, 2.75) is 19.9 Å². The maximum Gasteiger partial charge on any atom is 0.488 e. The molecule has 3 rings (SSSR count). The van der Waals surface area contributed by atoms with Gasteiger partial charge < -0.3 is 31.3 Å². The lowest BCUT2D eigenvalue weighted by Gasteiger charge is -2.11. The molecule has 12 heteroatoms. The molecule has 6 N–H and O–H groups in total. The molecule has 1 heterocycles. The van der Waals surface area contributed by atoms with Crippen molar-refractivity contribution in [1.82, 2.24) is 10.6 Å². The summed E-state index contributed by atoms with van der Waals surface area (Å²) in [5.41, 5.74) is 2.72. The van der Waals surface area contributed by atoms with Gasteiger partial charge in [-0.3, -0.25) is 19.2 Å². The topological polar surface area (TPSA) is 161 Å². The largest absolute Gasteiger partial charge is 0.488 e. The zero-order valence-electron chi connectivity index (χ0n) is 22.0. The van der Waals surface area contributed by atoms with Crippen LogP contribution in [0.3, 0.4) is 0 Å². The fourth-order valence-corrected chi connectivity index (χ4v) is 3.77. The minimum atomic E-state index is -1.59. The van der Waals surface area contributed by atoms with Crippen LogP contribution >= 0.6 is 0 Å². The Hall–Kier alpha value is -4.81. The predicted molar refractivity (Wildman–Crippen MR) is 151 cm³/mol. The van der Waals surface area contributed by atoms with Gasteiger partial charge in [0.1, 0.15) is 0 Å². The van der Waals surface area contributed by atoms with Gasteiger partial charge in [0.15, 0.2) is 18.9 Å². The van der Waals surface area contributed by atoms with Crippen molar-refractivity contribution in [2.24, 2.45) is 0 Å². The van der Waals surface area contributed by atoms with E-state index in [4.69, 9.17) is 0 Å². The summed E-state index contributed by atoms with van der Waals surface area (Å²) in [6.07, 6.45) is 4.35. The Balaban J connectivity index is 1.64. The van der Waals surface area contributed by atoms with Crippen LogP contribution in [0.15, 0.2) is 79.1 Å². The standard InChI is InChI=1S/C28H30BN5O6/c1-19(2)26(36)30-10-5-11-31-27(37)22-14-23(32-18-35)16-24(15-22)33-28(38)20-8-12-34(13-9-20)17-21-6-3-4-7-25(21)29(39)40/h3-4,6-9,12-16,18,39-40H,1,5,10-11,17H2,2H3,(H3-,30,31,32,33,35,36,37,38)/p+1. The molecule has 0 bridgehead atoms. The lowest BCUT2D eigenvalue weighted by atomic mass is 9.77. The van der Waals surface area contributed by atoms with E-state index in [1.807, 2.05) is 0 Å². The highest BCUT2D eigenvalue weighted by atomic mass is 16.4. The molecular formula is C28H31BN5O6+. The molecule has 0 fully saturated rings. The lowest BCUT2D eigenvalue weighted by molar-refractivity contribution is -0.688. The number of pyridine rings is 1. The van der Waals surface area contributed by atoms with Gasteiger partial charge in [0.2, 0.25) is 12.3 Å². The minimum Gasteiger partial charge on any atom is -0.423 e. The van der Waals surface area contributed by atoms with Crippen LogP contribution in [0.2, 0.25) is 0 Å². The molecule has 3 aromatic rings. The van der Waals surface area contributed by atoms with E-state index in [1.54, 1.807) is 60.3 Å². The highest BCUT2D eigenvalue weighted by Gasteiger charge is 2.18. The number of carbonyl (C=O) groups excluding carboxylic acids is 4. The van der Waals surface area contributed by atoms with E-state index in [-0.39, 0.29) is 11.5 Å². The molecule has 40 heavy (non-hydrogen) atoms. The van der Waals surface area contributed by atoms with E-state index in [0.29, 0.717) is 60.4 Å². The number of amides is 4. The van der Waals surface area contributed by atoms with E-state index in [0.717, 1.165) is 5.56 Å². The van der Waals surface area contributed by atoms with E-state index in [9.17, 15) is 29.2 Å². The van der Waals surface area contributed by atoms with Gasteiger partial charge in [-0.1, -0.05) is 30.8 Å². The van der Waals surface area contributed by atoms with E-state index in [1.165, 1.54) is 18.2 Å². The van der Waals surface area contributed by atoms with Crippen LogP contribution < -0.4 is 31.3 Å². The van der Waals surface area contributed by atoms with Gasteiger partial charge in [0, 0.05) is 53.3 Å². The van der Waals surface area contributed by atoms with Crippen molar-refractivity contribution in [1.29, 1.82) is 0 Å². The van der Waals surface area contributed by atoms with Crippen molar-refractivity contribution in [2.75, 3.05) is 23.7 Å². The molecule has 0 aliphatic rings. The van der Waals surface area contributed by atoms with Crippen molar-refractivity contribution < 1.29 is 33.8 Å². The molecule has 0 saturated heterocycles. The number of anilines is 2. The van der Waals surface area contributed by atoms with Gasteiger partial charge in [-0.25, -0.2) is 4.57 Å². The second-order valence-electron chi connectivity index (χ2n) is 8.99. The van der Waals surface area contributed by atoms with Crippen molar-refractivity contribution in [3.8, 4) is 0 Å². The van der Waals surface area contributed by atoms with Crippen LogP contribution in [-0.2, 0) is 16.1 Å². The number of hydrogen-bond acceptors (Lipinski definition) is 6. The third-order valence-electron chi connectivity index (χ3n) is 5.83. The van der Waals surface area contributed by atoms with Gasteiger partial charge in [-0.05, 0) is 37.0 Å². The quantitative estimate of drug-likeness (QED) is 0.0598. The molecule has 4 amide bonds. The molecule has 0 atom stereocenters. The molecule has 1 aromatic heterocycles. The van der Waals surface area contributed by atoms with E-state index < -0.39 is 18.9 Å². The summed E-state index contributed by atoms with van der Waals surface area (Å²) in [5.74, 6) is -1.09. The molecular weight excluding hydrogens is 513 g/mol. The Bertz CT molecular complexity index is 1390. The maximum atomic E-state index is 12.9. The first-order valence-corrected chi connectivity index (χ1v) is 12.5. The van der Waals surface area contributed by atoms with E-state index >= 15 is 0 Å². The van der Waals surface area contributed by atoms with Crippen LogP contribution in [0.5, 0.6) is 0 Å². The Morgan fingerprint density at radius 2 is 1.60 bits per heavy atom. The van der Waals surface area contributed by atoms with Crippen LogP contribution in [0.1, 0.15) is 39.6 Å². The van der Waals surface area contributed by atoms with Crippen LogP contribution in [-0.4, -0.2) is 54.4 Å². The SMILES string of the molecule is C=C(C)C(=O)NCCCNC(=O)c1cc(NC=O)cc(NC(=O)c2cc[n+](Cc3ccccc3B(O)O)cc2)c1. The predicted octanol–water partition coefficient (Wildman–Crippen LogP) is 0.335. The van der Waals surface area contributed by atoms with Crippen LogP contribution in [0.25, 0.3) is 0 Å². The van der Waals surface area contributed by atoms with Crippen LogP contribution in [0, 0.1) is 0 Å². The molecule has 11 nitrogen and oxygen atoms in total. The van der Waals surface area contributed by atoms with Crippen LogP contribution in [0.4, 0.5) is 11.4 Å². The van der Waals surface area contributed by atoms with Crippen molar-refractivity contribution in [3.05, 3.63) is 95.8 Å². The van der Waals surface area contributed by atoms with Gasteiger partial charge in [0.25, 0.3) is 11.8 Å². The Kier molecular flexibility index (Phi) is 10.7. The summed E-state index contributed by atoms with van der Waals surface area (Å²) >= 11 is 0. The van der Waals surface area contributed by atoms with Crippen molar-refractivity contribution in [3.63, 3.8) is 0 Å². The summed E-state index contributed by atoms with van der Waals surface area (Å²) in [7, 11) is -1.59.